The van der Waals surface area contributed by atoms with Crippen molar-refractivity contribution in [2.45, 2.75) is 20.8 Å². The average molecular weight is 489 g/mol. The molecule has 0 bridgehead atoms. The Kier molecular flexibility index (Phi) is 9.20. The molecular weight excluding hydrogens is 464 g/mol. The number of hydrogen-bond acceptors (Lipinski definition) is 5. The molecule has 0 aromatic heterocycles. The van der Waals surface area contributed by atoms with Crippen LogP contribution in [0.5, 0.6) is 5.75 Å². The molecule has 8 nitrogen and oxygen atoms in total. The van der Waals surface area contributed by atoms with Crippen molar-refractivity contribution in [2.75, 3.05) is 18.5 Å². The zero-order valence-corrected chi connectivity index (χ0v) is 19.2. The van der Waals surface area contributed by atoms with Gasteiger partial charge >= 0.3 is 11.8 Å². The highest BCUT2D eigenvalue weighted by molar-refractivity contribution is 9.10. The molecule has 0 aliphatic carbocycles. The van der Waals surface area contributed by atoms with Gasteiger partial charge in [0.25, 0.3) is 5.91 Å². The summed E-state index contributed by atoms with van der Waals surface area (Å²) in [5.74, 6) is -1.29. The molecule has 0 aliphatic heterocycles. The van der Waals surface area contributed by atoms with E-state index in [1.54, 1.807) is 30.3 Å². The van der Waals surface area contributed by atoms with Crippen LogP contribution in [0.2, 0.25) is 0 Å². The highest BCUT2D eigenvalue weighted by Gasteiger charge is 2.12. The van der Waals surface area contributed by atoms with E-state index in [1.165, 1.54) is 6.21 Å². The largest absolute Gasteiger partial charge is 0.483 e. The predicted molar refractivity (Wildman–Crippen MR) is 123 cm³/mol. The second kappa shape index (κ2) is 11.8. The zero-order chi connectivity index (χ0) is 22.8. The van der Waals surface area contributed by atoms with Crippen molar-refractivity contribution in [2.24, 2.45) is 11.0 Å². The van der Waals surface area contributed by atoms with Gasteiger partial charge in [-0.15, -0.1) is 0 Å². The minimum Gasteiger partial charge on any atom is -0.483 e. The fourth-order valence-corrected chi connectivity index (χ4v) is 2.62. The van der Waals surface area contributed by atoms with E-state index >= 15 is 0 Å². The van der Waals surface area contributed by atoms with Gasteiger partial charge in [-0.2, -0.15) is 5.10 Å². The maximum Gasteiger partial charge on any atom is 0.329 e. The van der Waals surface area contributed by atoms with Crippen LogP contribution in [0.3, 0.4) is 0 Å². The summed E-state index contributed by atoms with van der Waals surface area (Å²) in [6.45, 7) is 5.97. The first-order valence-corrected chi connectivity index (χ1v) is 10.4. The van der Waals surface area contributed by atoms with Crippen molar-refractivity contribution in [1.82, 2.24) is 10.7 Å². The minimum atomic E-state index is -0.862. The molecule has 2 aromatic rings. The third kappa shape index (κ3) is 8.21. The summed E-state index contributed by atoms with van der Waals surface area (Å²) < 4.78 is 6.55. The number of benzene rings is 2. The van der Waals surface area contributed by atoms with Crippen molar-refractivity contribution in [1.29, 1.82) is 0 Å². The maximum absolute atomic E-state index is 12.2. The SMILES string of the molecule is Cc1cc(NC(=O)COc2ccccc2/C=N\NC(=O)C(=O)NCC(C)C)ccc1Br. The maximum atomic E-state index is 12.2. The van der Waals surface area contributed by atoms with E-state index in [0.29, 0.717) is 23.5 Å². The van der Waals surface area contributed by atoms with E-state index in [0.717, 1.165) is 10.0 Å². The highest BCUT2D eigenvalue weighted by atomic mass is 79.9. The van der Waals surface area contributed by atoms with E-state index in [-0.39, 0.29) is 18.4 Å². The Hall–Kier alpha value is -3.20. The van der Waals surface area contributed by atoms with Crippen LogP contribution in [0.1, 0.15) is 25.0 Å². The predicted octanol–water partition coefficient (Wildman–Crippen LogP) is 3.00. The zero-order valence-electron chi connectivity index (χ0n) is 17.6. The number of hydrazone groups is 1. The van der Waals surface area contributed by atoms with Crippen LogP contribution in [0.25, 0.3) is 0 Å². The van der Waals surface area contributed by atoms with E-state index in [9.17, 15) is 14.4 Å². The second-order valence-electron chi connectivity index (χ2n) is 7.14. The summed E-state index contributed by atoms with van der Waals surface area (Å²) >= 11 is 3.42. The van der Waals surface area contributed by atoms with Crippen LogP contribution in [-0.2, 0) is 14.4 Å². The van der Waals surface area contributed by atoms with Gasteiger partial charge in [0.05, 0.1) is 6.21 Å². The molecule has 9 heteroatoms. The number of hydrogen-bond donors (Lipinski definition) is 3. The Morgan fingerprint density at radius 1 is 1.13 bits per heavy atom. The van der Waals surface area contributed by atoms with Gasteiger partial charge in [-0.25, -0.2) is 5.43 Å². The van der Waals surface area contributed by atoms with Crippen LogP contribution < -0.4 is 20.8 Å². The van der Waals surface area contributed by atoms with Crippen molar-refractivity contribution >= 4 is 45.6 Å². The lowest BCUT2D eigenvalue weighted by Gasteiger charge is -2.10. The third-order valence-electron chi connectivity index (χ3n) is 3.97. The molecule has 0 atom stereocenters. The molecule has 3 amide bonds. The summed E-state index contributed by atoms with van der Waals surface area (Å²) in [5.41, 5.74) is 4.38. The van der Waals surface area contributed by atoms with Gasteiger partial charge in [0, 0.05) is 22.3 Å². The Morgan fingerprint density at radius 2 is 1.87 bits per heavy atom. The summed E-state index contributed by atoms with van der Waals surface area (Å²) in [6, 6.07) is 12.4. The number of rotatable bonds is 8. The minimum absolute atomic E-state index is 0.204. The topological polar surface area (TPSA) is 109 Å². The molecule has 0 spiro atoms. The summed E-state index contributed by atoms with van der Waals surface area (Å²) in [6.07, 6.45) is 1.35. The van der Waals surface area contributed by atoms with E-state index in [4.69, 9.17) is 4.74 Å². The van der Waals surface area contributed by atoms with E-state index < -0.39 is 11.8 Å². The normalized spacial score (nSPS) is 10.7. The number of amides is 3. The van der Waals surface area contributed by atoms with Gasteiger partial charge in [-0.05, 0) is 48.7 Å². The van der Waals surface area contributed by atoms with Crippen molar-refractivity contribution in [3.05, 3.63) is 58.1 Å². The molecule has 3 N–H and O–H groups in total. The first-order chi connectivity index (χ1) is 14.8. The fraction of sp³-hybridized carbons (Fsp3) is 0.273. The number of ether oxygens (including phenoxy) is 1. The Labute approximate surface area is 189 Å². The summed E-state index contributed by atoms with van der Waals surface area (Å²) in [5, 5.41) is 9.07. The molecule has 0 heterocycles. The molecule has 0 unspecified atom stereocenters. The van der Waals surface area contributed by atoms with Gasteiger partial charge in [-0.1, -0.05) is 41.9 Å². The summed E-state index contributed by atoms with van der Waals surface area (Å²) in [4.78, 5) is 35.6. The Bertz CT molecular complexity index is 976. The number of carbonyl (C=O) groups is 3. The average Bonchev–Trinajstić information content (AvgIpc) is 2.73. The number of nitrogens with zero attached hydrogens (tertiary/aromatic N) is 1. The smallest absolute Gasteiger partial charge is 0.329 e. The van der Waals surface area contributed by atoms with Gasteiger partial charge in [0.1, 0.15) is 5.75 Å². The third-order valence-corrected chi connectivity index (χ3v) is 4.86. The molecule has 0 aliphatic rings. The van der Waals surface area contributed by atoms with Crippen LogP contribution in [-0.4, -0.2) is 37.1 Å². The number of nitrogens with one attached hydrogen (secondary N) is 3. The molecule has 2 rings (SSSR count). The molecular formula is C22H25BrN4O4. The number of aryl methyl sites for hydroxylation is 1. The Balaban J connectivity index is 1.90. The van der Waals surface area contributed by atoms with Gasteiger partial charge in [-0.3, -0.25) is 14.4 Å². The number of halogens is 1. The van der Waals surface area contributed by atoms with E-state index in [2.05, 4.69) is 37.1 Å². The number of carbonyl (C=O) groups excluding carboxylic acids is 3. The molecule has 0 saturated carbocycles. The van der Waals surface area contributed by atoms with Gasteiger partial charge in [0.2, 0.25) is 0 Å². The standard InChI is InChI=1S/C22H25BrN4O4/c1-14(2)11-24-21(29)22(30)27-25-12-16-6-4-5-7-19(16)31-13-20(28)26-17-8-9-18(23)15(3)10-17/h4-10,12,14H,11,13H2,1-3H3,(H,24,29)(H,26,28)(H,27,30)/b25-12-. The van der Waals surface area contributed by atoms with E-state index in [1.807, 2.05) is 32.9 Å². The second-order valence-corrected chi connectivity index (χ2v) is 8.00. The molecule has 0 fully saturated rings. The van der Waals surface area contributed by atoms with Crippen molar-refractivity contribution in [3.8, 4) is 5.75 Å². The van der Waals surface area contributed by atoms with Crippen LogP contribution in [0.4, 0.5) is 5.69 Å². The summed E-state index contributed by atoms with van der Waals surface area (Å²) in [7, 11) is 0. The molecule has 2 aromatic carbocycles. The number of anilines is 1. The van der Waals surface area contributed by atoms with Gasteiger partial charge in [0.15, 0.2) is 6.61 Å². The lowest BCUT2D eigenvalue weighted by atomic mass is 10.2. The number of para-hydroxylation sites is 1. The van der Waals surface area contributed by atoms with Crippen molar-refractivity contribution < 1.29 is 19.1 Å². The van der Waals surface area contributed by atoms with Crippen LogP contribution in [0.15, 0.2) is 52.0 Å². The quantitative estimate of drug-likeness (QED) is 0.301. The highest BCUT2D eigenvalue weighted by Crippen LogP contribution is 2.20. The Morgan fingerprint density at radius 3 is 2.58 bits per heavy atom. The lowest BCUT2D eigenvalue weighted by Crippen LogP contribution is -2.39. The van der Waals surface area contributed by atoms with Crippen LogP contribution in [0, 0.1) is 12.8 Å². The lowest BCUT2D eigenvalue weighted by molar-refractivity contribution is -0.139. The monoisotopic (exact) mass is 488 g/mol. The van der Waals surface area contributed by atoms with Crippen molar-refractivity contribution in [3.63, 3.8) is 0 Å². The molecule has 164 valence electrons. The molecule has 0 saturated heterocycles. The first kappa shape index (κ1) is 24.1. The van der Waals surface area contributed by atoms with Gasteiger partial charge < -0.3 is 15.4 Å². The molecule has 0 radical (unpaired) electrons. The molecule has 31 heavy (non-hydrogen) atoms. The van der Waals surface area contributed by atoms with Crippen LogP contribution >= 0.6 is 15.9 Å². The fourth-order valence-electron chi connectivity index (χ4n) is 2.37. The first-order valence-electron chi connectivity index (χ1n) is 9.65.